The lowest BCUT2D eigenvalue weighted by Crippen LogP contribution is -2.30. The van der Waals surface area contributed by atoms with Gasteiger partial charge in [-0.2, -0.15) is 0 Å². The Morgan fingerprint density at radius 1 is 0.273 bits per heavy atom. The second-order valence-electron chi connectivity index (χ2n) is 21.3. The zero-order valence-corrected chi connectivity index (χ0v) is 50.4. The Hall–Kier alpha value is -3.93. The van der Waals surface area contributed by atoms with Crippen LogP contribution in [0.4, 0.5) is 0 Å². The molecule has 1 atom stereocenters. The molecule has 0 bridgehead atoms. The first-order chi connectivity index (χ1) is 38.0. The molecule has 6 heteroatoms. The molecule has 0 spiro atoms. The van der Waals surface area contributed by atoms with E-state index in [0.717, 1.165) is 128 Å². The summed E-state index contributed by atoms with van der Waals surface area (Å²) in [6.07, 6.45) is 88.1. The van der Waals surface area contributed by atoms with Crippen LogP contribution in [0.5, 0.6) is 0 Å². The van der Waals surface area contributed by atoms with Crippen molar-refractivity contribution in [3.05, 3.63) is 109 Å². The molecule has 0 aromatic heterocycles. The second-order valence-corrected chi connectivity index (χ2v) is 21.3. The Labute approximate surface area is 476 Å². The molecule has 0 N–H and O–H groups in total. The number of hydrogen-bond acceptors (Lipinski definition) is 6. The Morgan fingerprint density at radius 3 is 0.818 bits per heavy atom. The average molecular weight is 1070 g/mol. The molecule has 440 valence electrons. The Bertz CT molecular complexity index is 1560. The smallest absolute Gasteiger partial charge is 0.306 e. The van der Waals surface area contributed by atoms with Crippen molar-refractivity contribution in [3.8, 4) is 0 Å². The van der Waals surface area contributed by atoms with Crippen molar-refractivity contribution in [1.29, 1.82) is 0 Å². The summed E-state index contributed by atoms with van der Waals surface area (Å²) in [7, 11) is 0. The maximum Gasteiger partial charge on any atom is 0.306 e. The minimum absolute atomic E-state index is 0.0865. The van der Waals surface area contributed by atoms with Gasteiger partial charge in [0.2, 0.25) is 0 Å². The average Bonchev–Trinajstić information content (AvgIpc) is 3.43. The van der Waals surface area contributed by atoms with Gasteiger partial charge < -0.3 is 14.2 Å². The zero-order chi connectivity index (χ0) is 55.7. The number of unbranched alkanes of at least 4 members (excludes halogenated alkanes) is 29. The molecule has 0 amide bonds. The molecule has 0 radical (unpaired) electrons. The van der Waals surface area contributed by atoms with Crippen LogP contribution in [-0.2, 0) is 28.6 Å². The van der Waals surface area contributed by atoms with E-state index in [1.807, 2.05) is 0 Å². The number of carbonyl (C=O) groups is 3. The van der Waals surface area contributed by atoms with Crippen molar-refractivity contribution in [2.75, 3.05) is 13.2 Å². The SMILES string of the molecule is CC/C=C\C/C=C\C/C=C\C/C=C\C/C=C\C/C=C\C/C=C\CCCCCCCCCCCC(=O)OCC(COC(=O)CCCCCCC/C=C\CCCCCC)OC(=O)CCCCCCC/C=C\CCCCCCCC. The lowest BCUT2D eigenvalue weighted by molar-refractivity contribution is -0.167. The maximum absolute atomic E-state index is 12.9. The summed E-state index contributed by atoms with van der Waals surface area (Å²) in [6.45, 7) is 6.50. The minimum atomic E-state index is -0.789. The molecule has 77 heavy (non-hydrogen) atoms. The highest BCUT2D eigenvalue weighted by Crippen LogP contribution is 2.15. The predicted octanol–water partition coefficient (Wildman–Crippen LogP) is 22.2. The van der Waals surface area contributed by atoms with Crippen LogP contribution in [0.2, 0.25) is 0 Å². The van der Waals surface area contributed by atoms with Gasteiger partial charge in [-0.3, -0.25) is 14.4 Å². The quantitative estimate of drug-likeness (QED) is 0.0261. The van der Waals surface area contributed by atoms with Crippen LogP contribution in [0.3, 0.4) is 0 Å². The molecule has 0 aliphatic heterocycles. The van der Waals surface area contributed by atoms with E-state index in [1.165, 1.54) is 135 Å². The molecule has 0 heterocycles. The van der Waals surface area contributed by atoms with Gasteiger partial charge in [-0.15, -0.1) is 0 Å². The molecule has 1 unspecified atom stereocenters. The van der Waals surface area contributed by atoms with Crippen molar-refractivity contribution < 1.29 is 28.6 Å². The summed E-state index contributed by atoms with van der Waals surface area (Å²) >= 11 is 0. The molecule has 0 saturated heterocycles. The van der Waals surface area contributed by atoms with Crippen LogP contribution >= 0.6 is 0 Å². The van der Waals surface area contributed by atoms with Crippen molar-refractivity contribution in [1.82, 2.24) is 0 Å². The van der Waals surface area contributed by atoms with Crippen molar-refractivity contribution in [2.24, 2.45) is 0 Å². The van der Waals surface area contributed by atoms with Gasteiger partial charge in [0.15, 0.2) is 6.10 Å². The Balaban J connectivity index is 4.27. The van der Waals surface area contributed by atoms with Crippen molar-refractivity contribution >= 4 is 17.9 Å². The first-order valence-corrected chi connectivity index (χ1v) is 32.4. The standard InChI is InChI=1S/C71H120O6/c1-4-7-10-13-16-19-22-25-27-28-29-30-31-32-33-34-35-36-37-38-39-40-41-42-44-46-49-52-55-58-61-64-70(73)76-67-68(66-75-69(72)63-60-57-54-51-48-45-24-21-18-15-12-9-6-3)77-71(74)65-62-59-56-53-50-47-43-26-23-20-17-14-11-8-5-2/h7,10,16,19,21,24-27,29-30,32-33,35-36,38-39,43,68H,4-6,8-9,11-15,17-18,20,22-23,28,31,34,37,40-42,44-67H2,1-3H3/b10-7-,19-16-,24-21-,27-25-,30-29-,33-32-,36-35-,39-38-,43-26-. The van der Waals surface area contributed by atoms with Crippen molar-refractivity contribution in [3.63, 3.8) is 0 Å². The first kappa shape index (κ1) is 73.1. The topological polar surface area (TPSA) is 78.9 Å². The van der Waals surface area contributed by atoms with Gasteiger partial charge in [0.05, 0.1) is 0 Å². The van der Waals surface area contributed by atoms with E-state index >= 15 is 0 Å². The monoisotopic (exact) mass is 1070 g/mol. The fraction of sp³-hybridized carbons (Fsp3) is 0.704. The molecule has 0 saturated carbocycles. The molecule has 0 aromatic carbocycles. The van der Waals surface area contributed by atoms with Gasteiger partial charge in [0.25, 0.3) is 0 Å². The summed E-state index contributed by atoms with van der Waals surface area (Å²) in [5, 5.41) is 0. The third-order valence-electron chi connectivity index (χ3n) is 13.7. The summed E-state index contributed by atoms with van der Waals surface area (Å²) in [5.74, 6) is -0.903. The fourth-order valence-electron chi connectivity index (χ4n) is 8.88. The molecule has 6 nitrogen and oxygen atoms in total. The predicted molar refractivity (Wildman–Crippen MR) is 334 cm³/mol. The third-order valence-corrected chi connectivity index (χ3v) is 13.7. The molecular formula is C71H120O6. The molecule has 0 aliphatic carbocycles. The largest absolute Gasteiger partial charge is 0.462 e. The van der Waals surface area contributed by atoms with Crippen LogP contribution < -0.4 is 0 Å². The van der Waals surface area contributed by atoms with Crippen LogP contribution in [-0.4, -0.2) is 37.2 Å². The van der Waals surface area contributed by atoms with E-state index < -0.39 is 6.10 Å². The summed E-state index contributed by atoms with van der Waals surface area (Å²) in [5.41, 5.74) is 0. The van der Waals surface area contributed by atoms with Gasteiger partial charge in [-0.1, -0.05) is 265 Å². The number of allylic oxidation sites excluding steroid dienone is 18. The van der Waals surface area contributed by atoms with E-state index in [1.54, 1.807) is 0 Å². The Kier molecular flexibility index (Phi) is 61.3. The number of ether oxygens (including phenoxy) is 3. The van der Waals surface area contributed by atoms with E-state index in [9.17, 15) is 14.4 Å². The van der Waals surface area contributed by atoms with Crippen LogP contribution in [0.1, 0.15) is 303 Å². The summed E-state index contributed by atoms with van der Waals surface area (Å²) in [6, 6.07) is 0. The first-order valence-electron chi connectivity index (χ1n) is 32.4. The van der Waals surface area contributed by atoms with Gasteiger partial charge in [0, 0.05) is 19.3 Å². The minimum Gasteiger partial charge on any atom is -0.462 e. The van der Waals surface area contributed by atoms with Crippen LogP contribution in [0, 0.1) is 0 Å². The summed E-state index contributed by atoms with van der Waals surface area (Å²) in [4.78, 5) is 38.3. The van der Waals surface area contributed by atoms with Gasteiger partial charge in [-0.05, 0) is 128 Å². The number of esters is 3. The van der Waals surface area contributed by atoms with Crippen molar-refractivity contribution in [2.45, 2.75) is 309 Å². The van der Waals surface area contributed by atoms with Gasteiger partial charge in [0.1, 0.15) is 13.2 Å². The number of rotatable bonds is 58. The Morgan fingerprint density at radius 2 is 0.506 bits per heavy atom. The highest BCUT2D eigenvalue weighted by atomic mass is 16.6. The van der Waals surface area contributed by atoms with E-state index in [-0.39, 0.29) is 31.1 Å². The van der Waals surface area contributed by atoms with Gasteiger partial charge in [-0.25, -0.2) is 0 Å². The van der Waals surface area contributed by atoms with E-state index in [2.05, 4.69) is 130 Å². The maximum atomic E-state index is 12.9. The fourth-order valence-corrected chi connectivity index (χ4v) is 8.88. The summed E-state index contributed by atoms with van der Waals surface area (Å²) < 4.78 is 16.9. The van der Waals surface area contributed by atoms with E-state index in [0.29, 0.717) is 19.3 Å². The van der Waals surface area contributed by atoms with Crippen LogP contribution in [0.25, 0.3) is 0 Å². The van der Waals surface area contributed by atoms with E-state index in [4.69, 9.17) is 14.2 Å². The molecule has 0 aliphatic rings. The van der Waals surface area contributed by atoms with Crippen LogP contribution in [0.15, 0.2) is 109 Å². The van der Waals surface area contributed by atoms with Gasteiger partial charge >= 0.3 is 17.9 Å². The molecule has 0 rings (SSSR count). The second kappa shape index (κ2) is 64.6. The lowest BCUT2D eigenvalue weighted by Gasteiger charge is -2.18. The molecule has 0 fully saturated rings. The highest BCUT2D eigenvalue weighted by molar-refractivity contribution is 5.71. The lowest BCUT2D eigenvalue weighted by atomic mass is 10.1. The molecular weight excluding hydrogens is 949 g/mol. The molecule has 0 aromatic rings. The normalized spacial score (nSPS) is 12.8. The number of carbonyl (C=O) groups excluding carboxylic acids is 3. The third kappa shape index (κ3) is 62.8. The zero-order valence-electron chi connectivity index (χ0n) is 50.4. The highest BCUT2D eigenvalue weighted by Gasteiger charge is 2.19. The number of hydrogen-bond donors (Lipinski definition) is 0.